The van der Waals surface area contributed by atoms with E-state index in [1.807, 2.05) is 27.2 Å². The Morgan fingerprint density at radius 1 is 0.493 bits per heavy atom. The average Bonchev–Trinajstić information content (AvgIpc) is 3.33. The van der Waals surface area contributed by atoms with Gasteiger partial charge in [0.15, 0.2) is 0 Å². The van der Waals surface area contributed by atoms with E-state index in [0.29, 0.717) is 17.4 Å². The van der Waals surface area contributed by atoms with Crippen LogP contribution < -0.4 is 10.2 Å². The summed E-state index contributed by atoms with van der Waals surface area (Å²) in [6.07, 6.45) is 70.6. The van der Waals surface area contributed by atoms with Gasteiger partial charge in [0.25, 0.3) is 7.82 Å². The number of hydrogen-bond donors (Lipinski definition) is 2. The molecule has 0 bridgehead atoms. The number of allylic oxidation sites excluding steroid dienone is 7. The molecule has 0 saturated carbocycles. The van der Waals surface area contributed by atoms with Crippen molar-refractivity contribution in [3.05, 3.63) is 48.6 Å². The number of aliphatic hydroxyl groups excluding tert-OH is 1. The van der Waals surface area contributed by atoms with E-state index in [2.05, 4.69) is 55.6 Å². The van der Waals surface area contributed by atoms with Gasteiger partial charge in [-0.15, -0.1) is 0 Å². The second-order valence-corrected chi connectivity index (χ2v) is 23.5. The second kappa shape index (κ2) is 53.3. The van der Waals surface area contributed by atoms with Gasteiger partial charge in [-0.2, -0.15) is 0 Å². The maximum atomic E-state index is 13.0. The quantitative estimate of drug-likeness (QED) is 0.0272. The van der Waals surface area contributed by atoms with Gasteiger partial charge >= 0.3 is 0 Å². The van der Waals surface area contributed by atoms with Crippen LogP contribution in [-0.4, -0.2) is 68.5 Å². The van der Waals surface area contributed by atoms with Crippen LogP contribution in [0.2, 0.25) is 0 Å². The molecule has 1 amide bonds. The molecule has 2 N–H and O–H groups in total. The zero-order chi connectivity index (χ0) is 52.0. The summed E-state index contributed by atoms with van der Waals surface area (Å²) >= 11 is 0. The van der Waals surface area contributed by atoms with E-state index in [1.165, 1.54) is 225 Å². The minimum absolute atomic E-state index is 0.00565. The van der Waals surface area contributed by atoms with Crippen LogP contribution in [0.25, 0.3) is 0 Å². The van der Waals surface area contributed by atoms with E-state index in [-0.39, 0.29) is 12.5 Å². The van der Waals surface area contributed by atoms with Crippen LogP contribution in [0.3, 0.4) is 0 Å². The molecular weight excluding hydrogens is 900 g/mol. The molecule has 0 aromatic carbocycles. The Hall–Kier alpha value is -1.54. The highest BCUT2D eigenvalue weighted by Crippen LogP contribution is 2.38. The number of rotatable bonds is 56. The van der Waals surface area contributed by atoms with Crippen LogP contribution in [0.1, 0.15) is 290 Å². The molecular formula is C62H119N2O6P. The molecule has 8 nitrogen and oxygen atoms in total. The smallest absolute Gasteiger partial charge is 0.268 e. The van der Waals surface area contributed by atoms with E-state index in [1.54, 1.807) is 6.08 Å². The Labute approximate surface area is 441 Å². The highest BCUT2D eigenvalue weighted by Gasteiger charge is 2.23. The lowest BCUT2D eigenvalue weighted by Crippen LogP contribution is -2.45. The van der Waals surface area contributed by atoms with E-state index in [4.69, 9.17) is 9.05 Å². The summed E-state index contributed by atoms with van der Waals surface area (Å²) < 4.78 is 23.3. The number of carbonyl (C=O) groups is 1. The number of hydrogen-bond acceptors (Lipinski definition) is 6. The molecule has 0 aromatic heterocycles. The van der Waals surface area contributed by atoms with Crippen LogP contribution in [0.4, 0.5) is 0 Å². The first-order valence-electron chi connectivity index (χ1n) is 30.5. The van der Waals surface area contributed by atoms with E-state index >= 15 is 0 Å². The van der Waals surface area contributed by atoms with Crippen molar-refractivity contribution in [2.45, 2.75) is 302 Å². The number of nitrogens with one attached hydrogen (secondary N) is 1. The molecule has 71 heavy (non-hydrogen) atoms. The topological polar surface area (TPSA) is 108 Å². The molecule has 0 aliphatic rings. The van der Waals surface area contributed by atoms with Crippen molar-refractivity contribution in [2.24, 2.45) is 0 Å². The minimum atomic E-state index is -4.60. The molecule has 0 fully saturated rings. The lowest BCUT2D eigenvalue weighted by molar-refractivity contribution is -0.870. The first kappa shape index (κ1) is 69.5. The molecule has 0 aliphatic heterocycles. The highest BCUT2D eigenvalue weighted by molar-refractivity contribution is 7.45. The van der Waals surface area contributed by atoms with Crippen LogP contribution in [0.5, 0.6) is 0 Å². The number of quaternary nitrogens is 1. The fourth-order valence-electron chi connectivity index (χ4n) is 8.97. The third-order valence-electron chi connectivity index (χ3n) is 13.8. The number of carbonyl (C=O) groups excluding carboxylic acids is 1. The zero-order valence-electron chi connectivity index (χ0n) is 47.7. The number of nitrogens with zero attached hydrogens (tertiary/aromatic N) is 1. The van der Waals surface area contributed by atoms with Gasteiger partial charge in [-0.05, 0) is 64.2 Å². The average molecular weight is 1020 g/mol. The van der Waals surface area contributed by atoms with Crippen LogP contribution >= 0.6 is 7.82 Å². The third kappa shape index (κ3) is 56.0. The SMILES string of the molecule is CCCCCCC/C=C\C/C=C\CCCCCCCCCCCCCCCCCCCCCC(=O)NC(COP(=O)([O-])OCC[N+](C)(C)C)C(O)/C=C/CC/C=C/CCCCCCCCCCCCCC. The van der Waals surface area contributed by atoms with Gasteiger partial charge < -0.3 is 28.8 Å². The fourth-order valence-corrected chi connectivity index (χ4v) is 9.69. The molecule has 0 rings (SSSR count). The van der Waals surface area contributed by atoms with Gasteiger partial charge in [0.05, 0.1) is 39.9 Å². The van der Waals surface area contributed by atoms with Crippen molar-refractivity contribution in [3.63, 3.8) is 0 Å². The van der Waals surface area contributed by atoms with Crippen molar-refractivity contribution >= 4 is 13.7 Å². The Bertz CT molecular complexity index is 1290. The van der Waals surface area contributed by atoms with E-state index in [0.717, 1.165) is 44.9 Å². The number of phosphoric acid groups is 1. The fraction of sp³-hybridized carbons (Fsp3) is 0.855. The lowest BCUT2D eigenvalue weighted by atomic mass is 10.0. The maximum Gasteiger partial charge on any atom is 0.268 e. The van der Waals surface area contributed by atoms with Gasteiger partial charge in [-0.1, -0.05) is 268 Å². The van der Waals surface area contributed by atoms with Gasteiger partial charge in [-0.3, -0.25) is 9.36 Å². The number of phosphoric ester groups is 1. The summed E-state index contributed by atoms with van der Waals surface area (Å²) in [5, 5.41) is 13.9. The molecule has 0 heterocycles. The summed E-state index contributed by atoms with van der Waals surface area (Å²) in [6.45, 7) is 4.65. The molecule has 0 aliphatic carbocycles. The summed E-state index contributed by atoms with van der Waals surface area (Å²) in [6, 6.07) is -0.903. The molecule has 3 unspecified atom stereocenters. The van der Waals surface area contributed by atoms with Crippen molar-refractivity contribution in [2.75, 3.05) is 40.9 Å². The number of aliphatic hydroxyl groups is 1. The Morgan fingerprint density at radius 2 is 0.831 bits per heavy atom. The standard InChI is InChI=1S/C62H119N2O6P/c1-6-8-10-12-14-16-18-20-22-24-26-27-28-29-30-31-32-33-34-35-36-37-38-40-42-44-46-48-50-52-54-56-62(66)63-60(59-70-71(67,68)69-58-57-64(3,4)5)61(65)55-53-51-49-47-45-43-41-39-25-23-21-19-17-15-13-11-9-7-2/h18,20,24,26,45,47,53,55,60-61,65H,6-17,19,21-23,25,27-44,46,48-52,54,56-59H2,1-5H3,(H-,63,66,67,68)/b20-18-,26-24-,47-45+,55-53+. The van der Waals surface area contributed by atoms with E-state index in [9.17, 15) is 19.4 Å². The van der Waals surface area contributed by atoms with Crippen molar-refractivity contribution in [1.29, 1.82) is 0 Å². The highest BCUT2D eigenvalue weighted by atomic mass is 31.2. The molecule has 0 aromatic rings. The molecule has 0 radical (unpaired) electrons. The van der Waals surface area contributed by atoms with Gasteiger partial charge in [0.1, 0.15) is 13.2 Å². The number of unbranched alkanes of at least 4 members (excludes halogenated alkanes) is 37. The molecule has 0 saturated heterocycles. The van der Waals surface area contributed by atoms with Crippen molar-refractivity contribution < 1.29 is 32.9 Å². The first-order valence-corrected chi connectivity index (χ1v) is 32.0. The number of likely N-dealkylation sites (N-methyl/N-ethyl adjacent to an activating group) is 1. The Kier molecular flexibility index (Phi) is 52.1. The molecule has 9 heteroatoms. The minimum Gasteiger partial charge on any atom is -0.756 e. The number of amides is 1. The Morgan fingerprint density at radius 3 is 1.23 bits per heavy atom. The summed E-state index contributed by atoms with van der Waals surface area (Å²) in [4.78, 5) is 25.5. The predicted octanol–water partition coefficient (Wildman–Crippen LogP) is 18.1. The predicted molar refractivity (Wildman–Crippen MR) is 307 cm³/mol. The van der Waals surface area contributed by atoms with Crippen LogP contribution in [0, 0.1) is 0 Å². The van der Waals surface area contributed by atoms with Crippen molar-refractivity contribution in [3.8, 4) is 0 Å². The van der Waals surface area contributed by atoms with Gasteiger partial charge in [0.2, 0.25) is 5.91 Å². The molecule has 3 atom stereocenters. The van der Waals surface area contributed by atoms with Crippen LogP contribution in [-0.2, 0) is 18.4 Å². The van der Waals surface area contributed by atoms with Gasteiger partial charge in [-0.25, -0.2) is 0 Å². The summed E-state index contributed by atoms with van der Waals surface area (Å²) in [5.41, 5.74) is 0. The largest absolute Gasteiger partial charge is 0.756 e. The first-order chi connectivity index (χ1) is 34.5. The van der Waals surface area contributed by atoms with E-state index < -0.39 is 26.6 Å². The molecule has 418 valence electrons. The normalized spacial score (nSPS) is 14.2. The molecule has 0 spiro atoms. The zero-order valence-corrected chi connectivity index (χ0v) is 48.6. The Balaban J connectivity index is 4.11. The maximum absolute atomic E-state index is 13.0. The third-order valence-corrected chi connectivity index (χ3v) is 14.7. The summed E-state index contributed by atoms with van der Waals surface area (Å²) in [7, 11) is 1.25. The lowest BCUT2D eigenvalue weighted by Gasteiger charge is -2.29. The van der Waals surface area contributed by atoms with Crippen LogP contribution in [0.15, 0.2) is 48.6 Å². The second-order valence-electron chi connectivity index (χ2n) is 22.0. The summed E-state index contributed by atoms with van der Waals surface area (Å²) in [5.74, 6) is -0.203. The monoisotopic (exact) mass is 1020 g/mol. The van der Waals surface area contributed by atoms with Crippen molar-refractivity contribution in [1.82, 2.24) is 5.32 Å². The van der Waals surface area contributed by atoms with Gasteiger partial charge in [0, 0.05) is 6.42 Å².